The fraction of sp³-hybridized carbons (Fsp3) is 0.538. The van der Waals surface area contributed by atoms with Gasteiger partial charge in [-0.2, -0.15) is 4.31 Å². The van der Waals surface area contributed by atoms with Crippen LogP contribution in [0.5, 0.6) is 0 Å². The van der Waals surface area contributed by atoms with E-state index in [0.29, 0.717) is 19.0 Å². The number of nitrogens with zero attached hydrogens (tertiary/aromatic N) is 1. The van der Waals surface area contributed by atoms with Crippen LogP contribution >= 0.6 is 11.6 Å². The fourth-order valence-corrected chi connectivity index (χ4v) is 4.10. The van der Waals surface area contributed by atoms with Crippen molar-refractivity contribution in [3.05, 3.63) is 29.6 Å². The van der Waals surface area contributed by atoms with Crippen molar-refractivity contribution in [1.82, 2.24) is 4.31 Å². The van der Waals surface area contributed by atoms with E-state index >= 15 is 0 Å². The largest absolute Gasteiger partial charge is 0.243 e. The molecule has 1 aliphatic rings. The Bertz CT molecular complexity index is 562. The molecule has 1 aliphatic heterocycles. The van der Waals surface area contributed by atoms with Gasteiger partial charge in [-0.05, 0) is 30.5 Å². The van der Waals surface area contributed by atoms with E-state index in [4.69, 9.17) is 11.6 Å². The van der Waals surface area contributed by atoms with Crippen molar-refractivity contribution in [2.75, 3.05) is 13.1 Å². The smallest absolute Gasteiger partial charge is 0.207 e. The maximum absolute atomic E-state index is 13.4. The van der Waals surface area contributed by atoms with E-state index in [1.807, 2.05) is 0 Å². The lowest BCUT2D eigenvalue weighted by Gasteiger charge is -2.17. The third kappa shape index (κ3) is 2.93. The lowest BCUT2D eigenvalue weighted by atomic mass is 10.1. The van der Waals surface area contributed by atoms with Gasteiger partial charge in [0.15, 0.2) is 0 Å². The first kappa shape index (κ1) is 14.8. The van der Waals surface area contributed by atoms with Gasteiger partial charge in [-0.15, -0.1) is 11.6 Å². The van der Waals surface area contributed by atoms with Gasteiger partial charge in [0.2, 0.25) is 10.0 Å². The van der Waals surface area contributed by atoms with Crippen LogP contribution in [0.1, 0.15) is 25.3 Å². The average Bonchev–Trinajstić information content (AvgIpc) is 2.88. The first-order valence-corrected chi connectivity index (χ1v) is 8.31. The van der Waals surface area contributed by atoms with Crippen LogP contribution < -0.4 is 0 Å². The SMILES string of the molecule is CCC1CCN(S(=O)(=O)c2ccc(F)c(CCl)c2)C1. The summed E-state index contributed by atoms with van der Waals surface area (Å²) in [6.07, 6.45) is 1.86. The van der Waals surface area contributed by atoms with E-state index < -0.39 is 15.8 Å². The number of hydrogen-bond donors (Lipinski definition) is 0. The molecule has 0 amide bonds. The number of halogens is 2. The van der Waals surface area contributed by atoms with Crippen molar-refractivity contribution >= 4 is 21.6 Å². The summed E-state index contributed by atoms with van der Waals surface area (Å²) in [7, 11) is -3.52. The molecule has 1 heterocycles. The molecule has 2 rings (SSSR count). The molecule has 0 aromatic heterocycles. The summed E-state index contributed by atoms with van der Waals surface area (Å²) in [6.45, 7) is 3.14. The molecule has 1 unspecified atom stereocenters. The van der Waals surface area contributed by atoms with Gasteiger partial charge in [-0.25, -0.2) is 12.8 Å². The van der Waals surface area contributed by atoms with Gasteiger partial charge in [0.1, 0.15) is 5.82 Å². The summed E-state index contributed by atoms with van der Waals surface area (Å²) in [5, 5.41) is 0. The molecule has 0 N–H and O–H groups in total. The van der Waals surface area contributed by atoms with Crippen molar-refractivity contribution in [3.8, 4) is 0 Å². The van der Waals surface area contributed by atoms with Gasteiger partial charge in [0.25, 0.3) is 0 Å². The van der Waals surface area contributed by atoms with Crippen LogP contribution in [0, 0.1) is 11.7 Å². The van der Waals surface area contributed by atoms with Crippen molar-refractivity contribution in [1.29, 1.82) is 0 Å². The molecule has 6 heteroatoms. The van der Waals surface area contributed by atoms with Crippen LogP contribution in [0.25, 0.3) is 0 Å². The molecule has 1 aromatic carbocycles. The Kier molecular flexibility index (Phi) is 4.48. The molecule has 3 nitrogen and oxygen atoms in total. The van der Waals surface area contributed by atoms with Crippen LogP contribution in [0.3, 0.4) is 0 Å². The number of alkyl halides is 1. The Labute approximate surface area is 118 Å². The average molecular weight is 306 g/mol. The van der Waals surface area contributed by atoms with E-state index in [2.05, 4.69) is 6.92 Å². The van der Waals surface area contributed by atoms with E-state index in [-0.39, 0.29) is 16.3 Å². The van der Waals surface area contributed by atoms with Gasteiger partial charge in [0.05, 0.1) is 10.8 Å². The second kappa shape index (κ2) is 5.77. The number of benzene rings is 1. The third-order valence-corrected chi connectivity index (χ3v) is 5.77. The third-order valence-electron chi connectivity index (χ3n) is 3.62. The van der Waals surface area contributed by atoms with Crippen molar-refractivity contribution in [3.63, 3.8) is 0 Å². The summed E-state index contributed by atoms with van der Waals surface area (Å²) in [6, 6.07) is 3.80. The summed E-state index contributed by atoms with van der Waals surface area (Å²) >= 11 is 5.61. The van der Waals surface area contributed by atoms with Gasteiger partial charge >= 0.3 is 0 Å². The van der Waals surface area contributed by atoms with Gasteiger partial charge in [-0.3, -0.25) is 0 Å². The van der Waals surface area contributed by atoms with Crippen molar-refractivity contribution in [2.24, 2.45) is 5.92 Å². The molecule has 1 fully saturated rings. The Morgan fingerprint density at radius 3 is 2.79 bits per heavy atom. The standard InChI is InChI=1S/C13H17ClFNO2S/c1-2-10-5-6-16(9-10)19(17,18)12-3-4-13(15)11(7-12)8-14/h3-4,7,10H,2,5-6,8-9H2,1H3. The fourth-order valence-electron chi connectivity index (χ4n) is 2.31. The highest BCUT2D eigenvalue weighted by molar-refractivity contribution is 7.89. The zero-order valence-electron chi connectivity index (χ0n) is 10.8. The minimum absolute atomic E-state index is 0.0349. The van der Waals surface area contributed by atoms with E-state index in [0.717, 1.165) is 18.9 Å². The van der Waals surface area contributed by atoms with E-state index in [1.54, 1.807) is 0 Å². The lowest BCUT2D eigenvalue weighted by molar-refractivity contribution is 0.452. The molecule has 0 saturated carbocycles. The van der Waals surface area contributed by atoms with Gasteiger partial charge in [-0.1, -0.05) is 13.3 Å². The van der Waals surface area contributed by atoms with E-state index in [1.165, 1.54) is 16.4 Å². The Morgan fingerprint density at radius 1 is 1.47 bits per heavy atom. The Hall–Kier alpha value is -0.650. The molecule has 0 aliphatic carbocycles. The predicted octanol–water partition coefficient (Wildman–Crippen LogP) is 2.99. The van der Waals surface area contributed by atoms with Gasteiger partial charge in [0, 0.05) is 18.7 Å². The quantitative estimate of drug-likeness (QED) is 0.802. The van der Waals surface area contributed by atoms with Crippen LogP contribution in [-0.2, 0) is 15.9 Å². The van der Waals surface area contributed by atoms with Crippen LogP contribution in [-0.4, -0.2) is 25.8 Å². The van der Waals surface area contributed by atoms with Crippen LogP contribution in [0.15, 0.2) is 23.1 Å². The monoisotopic (exact) mass is 305 g/mol. The molecular weight excluding hydrogens is 289 g/mol. The van der Waals surface area contributed by atoms with Crippen molar-refractivity contribution in [2.45, 2.75) is 30.5 Å². The number of rotatable bonds is 4. The molecule has 0 bridgehead atoms. The zero-order chi connectivity index (χ0) is 14.0. The van der Waals surface area contributed by atoms with E-state index in [9.17, 15) is 12.8 Å². The van der Waals surface area contributed by atoms with Crippen LogP contribution in [0.4, 0.5) is 4.39 Å². The lowest BCUT2D eigenvalue weighted by Crippen LogP contribution is -2.29. The number of hydrogen-bond acceptors (Lipinski definition) is 2. The van der Waals surface area contributed by atoms with Crippen molar-refractivity contribution < 1.29 is 12.8 Å². The summed E-state index contributed by atoms with van der Waals surface area (Å²) in [4.78, 5) is 0.126. The van der Waals surface area contributed by atoms with Gasteiger partial charge < -0.3 is 0 Å². The predicted molar refractivity (Wildman–Crippen MR) is 73.1 cm³/mol. The highest BCUT2D eigenvalue weighted by Crippen LogP contribution is 2.27. The molecule has 0 radical (unpaired) electrons. The maximum atomic E-state index is 13.4. The summed E-state index contributed by atoms with van der Waals surface area (Å²) in [5.74, 6) is -0.0863. The summed E-state index contributed by atoms with van der Waals surface area (Å²) in [5.41, 5.74) is 0.217. The Morgan fingerprint density at radius 2 is 2.21 bits per heavy atom. The normalized spacial score (nSPS) is 20.9. The van der Waals surface area contributed by atoms with Crippen LogP contribution in [0.2, 0.25) is 0 Å². The second-order valence-corrected chi connectivity index (χ2v) is 7.02. The maximum Gasteiger partial charge on any atom is 0.243 e. The highest BCUT2D eigenvalue weighted by Gasteiger charge is 2.31. The molecule has 1 atom stereocenters. The minimum atomic E-state index is -3.52. The minimum Gasteiger partial charge on any atom is -0.207 e. The highest BCUT2D eigenvalue weighted by atomic mass is 35.5. The molecular formula is C13H17ClFNO2S. The zero-order valence-corrected chi connectivity index (χ0v) is 12.3. The molecule has 1 aromatic rings. The second-order valence-electron chi connectivity index (χ2n) is 4.81. The first-order valence-electron chi connectivity index (χ1n) is 6.33. The first-order chi connectivity index (χ1) is 8.98. The topological polar surface area (TPSA) is 37.4 Å². The Balaban J connectivity index is 2.30. The molecule has 106 valence electrons. The summed E-state index contributed by atoms with van der Waals surface area (Å²) < 4.78 is 39.7. The molecule has 0 spiro atoms. The molecule has 19 heavy (non-hydrogen) atoms. The number of sulfonamides is 1. The molecule has 1 saturated heterocycles.